The molecule has 0 bridgehead atoms. The van der Waals surface area contributed by atoms with Crippen molar-refractivity contribution >= 4 is 55.6 Å². The number of aromatic nitrogens is 1. The van der Waals surface area contributed by atoms with Gasteiger partial charge in [0, 0.05) is 31.9 Å². The third kappa shape index (κ3) is 4.40. The number of thiazole rings is 1. The SMILES string of the molecule is O=C(CNC(=S)Nc1ccccc1)N1CCN(c2nc3ccccc3s2)CC1. The van der Waals surface area contributed by atoms with Gasteiger partial charge in [-0.3, -0.25) is 4.79 Å². The fourth-order valence-corrected chi connectivity index (χ4v) is 4.31. The van der Waals surface area contributed by atoms with Crippen LogP contribution in [0.4, 0.5) is 10.8 Å². The number of benzene rings is 2. The number of rotatable bonds is 4. The molecule has 4 rings (SSSR count). The van der Waals surface area contributed by atoms with E-state index in [0.717, 1.165) is 29.4 Å². The molecule has 0 radical (unpaired) electrons. The fraction of sp³-hybridized carbons (Fsp3) is 0.250. The van der Waals surface area contributed by atoms with Crippen molar-refractivity contribution in [1.29, 1.82) is 0 Å². The number of hydrogen-bond acceptors (Lipinski definition) is 5. The van der Waals surface area contributed by atoms with Crippen molar-refractivity contribution in [3.63, 3.8) is 0 Å². The smallest absolute Gasteiger partial charge is 0.242 e. The Morgan fingerprint density at radius 2 is 1.75 bits per heavy atom. The molecule has 1 saturated heterocycles. The van der Waals surface area contributed by atoms with Gasteiger partial charge in [-0.2, -0.15) is 0 Å². The number of amides is 1. The van der Waals surface area contributed by atoms with Crippen molar-refractivity contribution in [2.24, 2.45) is 0 Å². The van der Waals surface area contributed by atoms with E-state index < -0.39 is 0 Å². The summed E-state index contributed by atoms with van der Waals surface area (Å²) >= 11 is 6.96. The van der Waals surface area contributed by atoms with Crippen molar-refractivity contribution in [1.82, 2.24) is 15.2 Å². The molecule has 8 heteroatoms. The normalized spacial score (nSPS) is 14.1. The van der Waals surface area contributed by atoms with Crippen molar-refractivity contribution in [2.75, 3.05) is 42.9 Å². The lowest BCUT2D eigenvalue weighted by molar-refractivity contribution is -0.130. The maximum Gasteiger partial charge on any atom is 0.242 e. The second-order valence-corrected chi connectivity index (χ2v) is 7.92. The van der Waals surface area contributed by atoms with Gasteiger partial charge in [-0.1, -0.05) is 41.7 Å². The van der Waals surface area contributed by atoms with Crippen LogP contribution in [0.2, 0.25) is 0 Å². The van der Waals surface area contributed by atoms with Crippen molar-refractivity contribution in [2.45, 2.75) is 0 Å². The molecular weight excluding hydrogens is 390 g/mol. The average molecular weight is 412 g/mol. The van der Waals surface area contributed by atoms with E-state index in [1.54, 1.807) is 11.3 Å². The van der Waals surface area contributed by atoms with Gasteiger partial charge in [-0.05, 0) is 36.5 Å². The summed E-state index contributed by atoms with van der Waals surface area (Å²) < 4.78 is 1.19. The van der Waals surface area contributed by atoms with Crippen LogP contribution >= 0.6 is 23.6 Å². The Kier molecular flexibility index (Phi) is 5.68. The lowest BCUT2D eigenvalue weighted by atomic mass is 10.3. The van der Waals surface area contributed by atoms with Crippen LogP contribution in [-0.2, 0) is 4.79 Å². The Hall–Kier alpha value is -2.71. The van der Waals surface area contributed by atoms with Gasteiger partial charge in [-0.15, -0.1) is 0 Å². The molecule has 3 aromatic rings. The van der Waals surface area contributed by atoms with Gasteiger partial charge in [0.05, 0.1) is 16.8 Å². The quantitative estimate of drug-likeness (QED) is 0.644. The van der Waals surface area contributed by atoms with E-state index in [-0.39, 0.29) is 12.5 Å². The molecule has 1 fully saturated rings. The molecule has 1 aliphatic rings. The van der Waals surface area contributed by atoms with Crippen LogP contribution < -0.4 is 15.5 Å². The number of para-hydroxylation sites is 2. The number of hydrogen-bond donors (Lipinski definition) is 2. The lowest BCUT2D eigenvalue weighted by Gasteiger charge is -2.34. The first-order chi connectivity index (χ1) is 13.7. The molecule has 0 unspecified atom stereocenters. The van der Waals surface area contributed by atoms with Gasteiger partial charge < -0.3 is 20.4 Å². The zero-order valence-electron chi connectivity index (χ0n) is 15.3. The van der Waals surface area contributed by atoms with Gasteiger partial charge in [-0.25, -0.2) is 4.98 Å². The first kappa shape index (κ1) is 18.6. The Morgan fingerprint density at radius 1 is 1.04 bits per heavy atom. The highest BCUT2D eigenvalue weighted by atomic mass is 32.1. The van der Waals surface area contributed by atoms with Gasteiger partial charge in [0.15, 0.2) is 10.2 Å². The molecule has 0 atom stereocenters. The summed E-state index contributed by atoms with van der Waals surface area (Å²) in [6, 6.07) is 17.8. The predicted octanol–water partition coefficient (Wildman–Crippen LogP) is 2.93. The van der Waals surface area contributed by atoms with Crippen molar-refractivity contribution in [3.05, 3.63) is 54.6 Å². The van der Waals surface area contributed by atoms with Crippen LogP contribution in [0.15, 0.2) is 54.6 Å². The van der Waals surface area contributed by atoms with Crippen LogP contribution in [0.3, 0.4) is 0 Å². The fourth-order valence-electron chi connectivity index (χ4n) is 3.11. The standard InChI is InChI=1S/C20H21N5OS2/c26-18(14-21-19(27)22-15-6-2-1-3-7-15)24-10-12-25(13-11-24)20-23-16-8-4-5-9-17(16)28-20/h1-9H,10-14H2,(H2,21,22,27). The first-order valence-electron chi connectivity index (χ1n) is 9.17. The van der Waals surface area contributed by atoms with E-state index in [1.807, 2.05) is 53.4 Å². The molecule has 0 aliphatic carbocycles. The summed E-state index contributed by atoms with van der Waals surface area (Å²) in [5, 5.41) is 7.55. The number of carbonyl (C=O) groups excluding carboxylic acids is 1. The largest absolute Gasteiger partial charge is 0.353 e. The zero-order valence-corrected chi connectivity index (χ0v) is 16.9. The molecule has 2 heterocycles. The summed E-state index contributed by atoms with van der Waals surface area (Å²) in [5.41, 5.74) is 1.93. The number of carbonyl (C=O) groups is 1. The molecule has 0 spiro atoms. The molecule has 0 saturated carbocycles. The van der Waals surface area contributed by atoms with Crippen molar-refractivity contribution < 1.29 is 4.79 Å². The highest BCUT2D eigenvalue weighted by Crippen LogP contribution is 2.29. The lowest BCUT2D eigenvalue weighted by Crippen LogP contribution is -2.51. The number of piperazine rings is 1. The van der Waals surface area contributed by atoms with Crippen molar-refractivity contribution in [3.8, 4) is 0 Å². The number of fused-ring (bicyclic) bond motifs is 1. The second kappa shape index (κ2) is 8.53. The first-order valence-corrected chi connectivity index (χ1v) is 10.4. The molecule has 1 aromatic heterocycles. The number of nitrogens with zero attached hydrogens (tertiary/aromatic N) is 3. The predicted molar refractivity (Wildman–Crippen MR) is 119 cm³/mol. The summed E-state index contributed by atoms with van der Waals surface area (Å²) in [6.07, 6.45) is 0. The summed E-state index contributed by atoms with van der Waals surface area (Å²) in [4.78, 5) is 21.3. The minimum atomic E-state index is 0.0566. The zero-order chi connectivity index (χ0) is 19.3. The molecule has 1 amide bonds. The highest BCUT2D eigenvalue weighted by molar-refractivity contribution is 7.80. The third-order valence-electron chi connectivity index (χ3n) is 4.62. The van der Waals surface area contributed by atoms with Gasteiger partial charge >= 0.3 is 0 Å². The highest BCUT2D eigenvalue weighted by Gasteiger charge is 2.23. The molecule has 144 valence electrons. The molecule has 2 aromatic carbocycles. The minimum Gasteiger partial charge on any atom is -0.353 e. The van der Waals surface area contributed by atoms with Gasteiger partial charge in [0.1, 0.15) is 0 Å². The second-order valence-electron chi connectivity index (χ2n) is 6.51. The maximum atomic E-state index is 12.5. The van der Waals surface area contributed by atoms with Crippen LogP contribution in [0.5, 0.6) is 0 Å². The number of thiocarbonyl (C=S) groups is 1. The minimum absolute atomic E-state index is 0.0566. The third-order valence-corrected chi connectivity index (χ3v) is 5.96. The van der Waals surface area contributed by atoms with E-state index >= 15 is 0 Å². The number of anilines is 2. The Bertz CT molecular complexity index is 934. The summed E-state index contributed by atoms with van der Waals surface area (Å²) in [5.74, 6) is 0.0566. The van der Waals surface area contributed by atoms with Crippen LogP contribution in [0.1, 0.15) is 0 Å². The summed E-state index contributed by atoms with van der Waals surface area (Å²) in [6.45, 7) is 3.15. The van der Waals surface area contributed by atoms with E-state index in [2.05, 4.69) is 21.6 Å². The molecule has 2 N–H and O–H groups in total. The average Bonchev–Trinajstić information content (AvgIpc) is 3.17. The van der Waals surface area contributed by atoms with Gasteiger partial charge in [0.2, 0.25) is 5.91 Å². The van der Waals surface area contributed by atoms with Gasteiger partial charge in [0.25, 0.3) is 0 Å². The van der Waals surface area contributed by atoms with E-state index in [1.165, 1.54) is 4.70 Å². The monoisotopic (exact) mass is 411 g/mol. The molecule has 6 nitrogen and oxygen atoms in total. The maximum absolute atomic E-state index is 12.5. The van der Waals surface area contributed by atoms with Crippen LogP contribution in [-0.4, -0.2) is 53.6 Å². The molecule has 1 aliphatic heterocycles. The van der Waals surface area contributed by atoms with E-state index in [4.69, 9.17) is 17.2 Å². The van der Waals surface area contributed by atoms with Crippen LogP contribution in [0, 0.1) is 0 Å². The summed E-state index contributed by atoms with van der Waals surface area (Å²) in [7, 11) is 0. The van der Waals surface area contributed by atoms with E-state index in [9.17, 15) is 4.79 Å². The molecular formula is C20H21N5OS2. The molecule has 28 heavy (non-hydrogen) atoms. The Labute approximate surface area is 173 Å². The van der Waals surface area contributed by atoms with E-state index in [0.29, 0.717) is 18.2 Å². The Balaban J connectivity index is 1.25. The number of nitrogens with one attached hydrogen (secondary N) is 2. The van der Waals surface area contributed by atoms with Crippen LogP contribution in [0.25, 0.3) is 10.2 Å². The Morgan fingerprint density at radius 3 is 2.50 bits per heavy atom. The topological polar surface area (TPSA) is 60.5 Å².